The largest absolute Gasteiger partial charge is 0.471 e. The second kappa shape index (κ2) is 10.5. The van der Waals surface area contributed by atoms with E-state index in [0.29, 0.717) is 16.9 Å². The number of hydrogen-bond donors (Lipinski definition) is 1. The summed E-state index contributed by atoms with van der Waals surface area (Å²) in [5, 5.41) is 9.73. The maximum atomic E-state index is 13.9. The highest BCUT2D eigenvalue weighted by Gasteiger charge is 2.34. The number of halogens is 3. The minimum absolute atomic E-state index is 0.0110. The number of ether oxygens (including phenoxy) is 1. The van der Waals surface area contributed by atoms with Gasteiger partial charge >= 0.3 is 0 Å². The Morgan fingerprint density at radius 3 is 2.53 bits per heavy atom. The monoisotopic (exact) mass is 546 g/mol. The maximum Gasteiger partial charge on any atom is 0.276 e. The Hall–Kier alpha value is -3.83. The van der Waals surface area contributed by atoms with Crippen molar-refractivity contribution in [1.82, 2.24) is 9.55 Å². The second-order valence-corrected chi connectivity index (χ2v) is 9.92. The van der Waals surface area contributed by atoms with Gasteiger partial charge in [0.25, 0.3) is 5.56 Å². The number of aliphatic hydroxyl groups is 1. The van der Waals surface area contributed by atoms with Gasteiger partial charge in [0.2, 0.25) is 17.7 Å². The van der Waals surface area contributed by atoms with E-state index in [2.05, 4.69) is 4.98 Å². The number of carbonyl (C=O) groups excluding carboxylic acids is 2. The average Bonchev–Trinajstić information content (AvgIpc) is 3.21. The van der Waals surface area contributed by atoms with Gasteiger partial charge in [-0.1, -0.05) is 17.7 Å². The summed E-state index contributed by atoms with van der Waals surface area (Å²) in [6, 6.07) is 8.09. The van der Waals surface area contributed by atoms with Crippen LogP contribution in [0.2, 0.25) is 5.02 Å². The minimum Gasteiger partial charge on any atom is -0.471 e. The molecule has 1 aliphatic rings. The number of rotatable bonds is 7. The van der Waals surface area contributed by atoms with Crippen molar-refractivity contribution in [2.45, 2.75) is 45.9 Å². The van der Waals surface area contributed by atoms with Gasteiger partial charge in [-0.2, -0.15) is 0 Å². The highest BCUT2D eigenvalue weighted by molar-refractivity contribution is 6.31. The van der Waals surface area contributed by atoms with Gasteiger partial charge in [0.05, 0.1) is 29.9 Å². The number of hydrogen-bond acceptors (Lipinski definition) is 6. The molecule has 0 saturated heterocycles. The molecule has 0 radical (unpaired) electrons. The van der Waals surface area contributed by atoms with Gasteiger partial charge in [-0.3, -0.25) is 28.8 Å². The first-order valence-electron chi connectivity index (χ1n) is 11.6. The number of amides is 2. The van der Waals surface area contributed by atoms with Crippen LogP contribution in [0.4, 0.5) is 20.2 Å². The summed E-state index contributed by atoms with van der Waals surface area (Å²) in [5.74, 6) is -2.33. The first-order valence-corrected chi connectivity index (χ1v) is 12.0. The van der Waals surface area contributed by atoms with Gasteiger partial charge in [-0.15, -0.1) is 0 Å². The van der Waals surface area contributed by atoms with Gasteiger partial charge in [0.15, 0.2) is 5.02 Å². The summed E-state index contributed by atoms with van der Waals surface area (Å²) in [5.41, 5.74) is -0.115. The van der Waals surface area contributed by atoms with Crippen LogP contribution in [0.1, 0.15) is 38.3 Å². The molecular weight excluding hydrogens is 522 g/mol. The molecule has 3 aromatic rings. The zero-order chi connectivity index (χ0) is 27.8. The van der Waals surface area contributed by atoms with Crippen LogP contribution in [-0.4, -0.2) is 38.7 Å². The normalized spacial score (nSPS) is 13.0. The van der Waals surface area contributed by atoms with E-state index in [0.717, 1.165) is 12.1 Å². The summed E-state index contributed by atoms with van der Waals surface area (Å²) in [4.78, 5) is 44.8. The van der Waals surface area contributed by atoms with E-state index in [1.54, 1.807) is 18.2 Å². The van der Waals surface area contributed by atoms with E-state index >= 15 is 0 Å². The van der Waals surface area contributed by atoms with Crippen molar-refractivity contribution in [2.24, 2.45) is 0 Å². The molecule has 0 spiro atoms. The maximum absolute atomic E-state index is 13.9. The van der Waals surface area contributed by atoms with Crippen LogP contribution >= 0.6 is 11.6 Å². The molecule has 12 heteroatoms. The molecule has 1 N–H and O–H groups in total. The molecule has 0 aliphatic carbocycles. The summed E-state index contributed by atoms with van der Waals surface area (Å²) in [6.45, 7) is 4.19. The van der Waals surface area contributed by atoms with Crippen molar-refractivity contribution in [3.05, 3.63) is 80.9 Å². The predicted octanol–water partition coefficient (Wildman–Crippen LogP) is 3.62. The van der Waals surface area contributed by atoms with Crippen LogP contribution in [0, 0.1) is 11.6 Å². The van der Waals surface area contributed by atoms with Crippen molar-refractivity contribution in [3.63, 3.8) is 0 Å². The molecule has 200 valence electrons. The SMILES string of the molecule is CC(=O)N1CN(C(=O)CC(C)(C)O)c2ccc(Cn3cnc(OCc4ccc(F)cc4F)c(Cl)c3=O)cc21. The Bertz CT molecular complexity index is 1470. The van der Waals surface area contributed by atoms with Crippen LogP contribution in [-0.2, 0) is 22.7 Å². The summed E-state index contributed by atoms with van der Waals surface area (Å²) >= 11 is 6.17. The predicted molar refractivity (Wildman–Crippen MR) is 136 cm³/mol. The molecule has 2 amide bonds. The Kier molecular flexibility index (Phi) is 7.52. The third kappa shape index (κ3) is 5.84. The van der Waals surface area contributed by atoms with Gasteiger partial charge in [0, 0.05) is 18.6 Å². The Balaban J connectivity index is 1.55. The highest BCUT2D eigenvalue weighted by atomic mass is 35.5. The minimum atomic E-state index is -1.21. The third-order valence-corrected chi connectivity index (χ3v) is 6.18. The quantitative estimate of drug-likeness (QED) is 0.485. The topological polar surface area (TPSA) is 105 Å². The van der Waals surface area contributed by atoms with Crippen molar-refractivity contribution in [3.8, 4) is 5.88 Å². The van der Waals surface area contributed by atoms with E-state index in [9.17, 15) is 28.3 Å². The zero-order valence-electron chi connectivity index (χ0n) is 20.9. The Morgan fingerprint density at radius 2 is 1.87 bits per heavy atom. The number of benzene rings is 2. The van der Waals surface area contributed by atoms with E-state index < -0.39 is 22.8 Å². The fourth-order valence-corrected chi connectivity index (χ4v) is 4.21. The molecule has 0 fully saturated rings. The molecule has 2 aromatic carbocycles. The van der Waals surface area contributed by atoms with E-state index in [-0.39, 0.29) is 54.5 Å². The van der Waals surface area contributed by atoms with Crippen LogP contribution in [0.25, 0.3) is 0 Å². The van der Waals surface area contributed by atoms with E-state index in [1.807, 2.05) is 0 Å². The second-order valence-electron chi connectivity index (χ2n) is 9.54. The fourth-order valence-electron chi connectivity index (χ4n) is 4.00. The lowest BCUT2D eigenvalue weighted by Gasteiger charge is -2.22. The van der Waals surface area contributed by atoms with Gasteiger partial charge in [-0.05, 0) is 43.7 Å². The molecule has 0 atom stereocenters. The first kappa shape index (κ1) is 27.2. The Labute approximate surface area is 221 Å². The van der Waals surface area contributed by atoms with Crippen molar-refractivity contribution in [2.75, 3.05) is 16.5 Å². The number of carbonyl (C=O) groups is 2. The number of fused-ring (bicyclic) bond motifs is 1. The van der Waals surface area contributed by atoms with Crippen LogP contribution in [0.3, 0.4) is 0 Å². The van der Waals surface area contributed by atoms with Gasteiger partial charge in [0.1, 0.15) is 31.2 Å². The van der Waals surface area contributed by atoms with Gasteiger partial charge in [-0.25, -0.2) is 13.8 Å². The van der Waals surface area contributed by atoms with Crippen molar-refractivity contribution >= 4 is 34.8 Å². The molecule has 1 aliphatic heterocycles. The number of aromatic nitrogens is 2. The lowest BCUT2D eigenvalue weighted by atomic mass is 10.0. The molecule has 0 saturated carbocycles. The van der Waals surface area contributed by atoms with Crippen molar-refractivity contribution < 1.29 is 28.2 Å². The molecule has 38 heavy (non-hydrogen) atoms. The zero-order valence-corrected chi connectivity index (χ0v) is 21.6. The lowest BCUT2D eigenvalue weighted by molar-refractivity contribution is -0.122. The standard InChI is InChI=1S/C26H25ClF2N4O5/c1-15(34)32-14-33(22(35)10-26(2,3)37)20-7-4-16(8-21(20)32)11-31-13-30-24(23(27)25(31)36)38-12-17-5-6-18(28)9-19(17)29/h4-9,13,37H,10-12,14H2,1-3H3. The summed E-state index contributed by atoms with van der Waals surface area (Å²) < 4.78 is 33.6. The van der Waals surface area contributed by atoms with E-state index in [1.165, 1.54) is 47.5 Å². The van der Waals surface area contributed by atoms with E-state index in [4.69, 9.17) is 16.3 Å². The molecular formula is C26H25ClF2N4O5. The number of nitrogens with zero attached hydrogens (tertiary/aromatic N) is 4. The van der Waals surface area contributed by atoms with Crippen LogP contribution < -0.4 is 20.1 Å². The third-order valence-electron chi connectivity index (χ3n) is 5.85. The fraction of sp³-hybridized carbons (Fsp3) is 0.308. The molecule has 2 heterocycles. The van der Waals surface area contributed by atoms with Crippen molar-refractivity contribution in [1.29, 1.82) is 0 Å². The summed E-state index contributed by atoms with van der Waals surface area (Å²) in [6.07, 6.45) is 1.10. The highest BCUT2D eigenvalue weighted by Crippen LogP contribution is 2.38. The van der Waals surface area contributed by atoms with Crippen LogP contribution in [0.5, 0.6) is 5.88 Å². The molecule has 0 bridgehead atoms. The Morgan fingerprint density at radius 1 is 1.13 bits per heavy atom. The average molecular weight is 547 g/mol. The lowest BCUT2D eigenvalue weighted by Crippen LogP contribution is -2.40. The smallest absolute Gasteiger partial charge is 0.276 e. The molecule has 1 aromatic heterocycles. The first-order chi connectivity index (χ1) is 17.8. The summed E-state index contributed by atoms with van der Waals surface area (Å²) in [7, 11) is 0. The van der Waals surface area contributed by atoms with Gasteiger partial charge < -0.3 is 9.84 Å². The molecule has 9 nitrogen and oxygen atoms in total. The van der Waals surface area contributed by atoms with Crippen LogP contribution in [0.15, 0.2) is 47.5 Å². The molecule has 4 rings (SSSR count). The number of anilines is 2. The molecule has 0 unspecified atom stereocenters.